The minimum Gasteiger partial charge on any atom is -0.439 e. The lowest BCUT2D eigenvalue weighted by Crippen LogP contribution is -2.29. The lowest BCUT2D eigenvalue weighted by molar-refractivity contribution is 0.462. The number of hydrogen-bond donors (Lipinski definition) is 2. The molecule has 1 aliphatic heterocycles. The van der Waals surface area contributed by atoms with Gasteiger partial charge in [-0.25, -0.2) is 0 Å². The van der Waals surface area contributed by atoms with Gasteiger partial charge < -0.3 is 20.3 Å². The molecule has 1 aliphatic rings. The first-order valence-electron chi connectivity index (χ1n) is 9.57. The highest BCUT2D eigenvalue weighted by atomic mass is 32.1. The second-order valence-electron chi connectivity index (χ2n) is 6.67. The molecule has 1 aromatic carbocycles. The highest BCUT2D eigenvalue weighted by Gasteiger charge is 2.17. The summed E-state index contributed by atoms with van der Waals surface area (Å²) in [7, 11) is 0. The largest absolute Gasteiger partial charge is 0.439 e. The van der Waals surface area contributed by atoms with E-state index in [1.165, 1.54) is 0 Å². The second-order valence-corrected chi connectivity index (χ2v) is 7.07. The van der Waals surface area contributed by atoms with Crippen LogP contribution in [0.1, 0.15) is 18.4 Å². The van der Waals surface area contributed by atoms with Crippen molar-refractivity contribution in [3.05, 3.63) is 66.5 Å². The number of nitrogens with zero attached hydrogens (tertiary/aromatic N) is 4. The lowest BCUT2D eigenvalue weighted by atomic mass is 10.3. The maximum Gasteiger partial charge on any atom is 0.234 e. The van der Waals surface area contributed by atoms with E-state index in [1.54, 1.807) is 12.4 Å². The van der Waals surface area contributed by atoms with Crippen molar-refractivity contribution in [1.29, 1.82) is 0 Å². The Morgan fingerprint density at radius 1 is 1.07 bits per heavy atom. The summed E-state index contributed by atoms with van der Waals surface area (Å²) >= 11 is 5.41. The maximum absolute atomic E-state index is 5.94. The van der Waals surface area contributed by atoms with Crippen molar-refractivity contribution in [2.24, 2.45) is 0 Å². The SMILES string of the molecule is S=C(NCc1cccnc1)Nc1nc(Oc2ccccc2)cc(N2CCCC2)n1. The van der Waals surface area contributed by atoms with Crippen molar-refractivity contribution < 1.29 is 4.74 Å². The zero-order chi connectivity index (χ0) is 19.9. The summed E-state index contributed by atoms with van der Waals surface area (Å²) in [5.41, 5.74) is 1.04. The fourth-order valence-electron chi connectivity index (χ4n) is 3.07. The lowest BCUT2D eigenvalue weighted by Gasteiger charge is -2.18. The normalized spacial score (nSPS) is 13.2. The zero-order valence-corrected chi connectivity index (χ0v) is 16.7. The van der Waals surface area contributed by atoms with Gasteiger partial charge in [0.25, 0.3) is 0 Å². The van der Waals surface area contributed by atoms with Gasteiger partial charge in [-0.05, 0) is 48.8 Å². The van der Waals surface area contributed by atoms with Gasteiger partial charge in [0, 0.05) is 38.1 Å². The van der Waals surface area contributed by atoms with Gasteiger partial charge in [0.1, 0.15) is 11.6 Å². The molecule has 4 rings (SSSR count). The van der Waals surface area contributed by atoms with Gasteiger partial charge >= 0.3 is 0 Å². The Bertz CT molecular complexity index is 948. The molecule has 0 radical (unpaired) electrons. The molecule has 8 heteroatoms. The standard InChI is InChI=1S/C21H22N6OS/c29-21(23-15-16-7-6-10-22-14-16)26-20-24-18(27-11-4-5-12-27)13-19(25-20)28-17-8-2-1-3-9-17/h1-3,6-10,13-14H,4-5,11-12,15H2,(H2,23,24,25,26,29). The third-order valence-electron chi connectivity index (χ3n) is 4.49. The van der Waals surface area contributed by atoms with E-state index in [1.807, 2.05) is 48.5 Å². The summed E-state index contributed by atoms with van der Waals surface area (Å²) in [4.78, 5) is 15.5. The van der Waals surface area contributed by atoms with Gasteiger partial charge in [0.05, 0.1) is 0 Å². The van der Waals surface area contributed by atoms with Crippen LogP contribution < -0.4 is 20.3 Å². The topological polar surface area (TPSA) is 75.2 Å². The highest BCUT2D eigenvalue weighted by molar-refractivity contribution is 7.80. The molecule has 0 bridgehead atoms. The van der Waals surface area contributed by atoms with Crippen LogP contribution >= 0.6 is 12.2 Å². The summed E-state index contributed by atoms with van der Waals surface area (Å²) in [6.07, 6.45) is 5.86. The van der Waals surface area contributed by atoms with Gasteiger partial charge in [-0.1, -0.05) is 24.3 Å². The molecule has 2 N–H and O–H groups in total. The molecule has 0 aliphatic carbocycles. The molecule has 0 saturated carbocycles. The molecule has 148 valence electrons. The van der Waals surface area contributed by atoms with E-state index in [0.717, 1.165) is 43.1 Å². The molecule has 7 nitrogen and oxygen atoms in total. The van der Waals surface area contributed by atoms with Crippen molar-refractivity contribution in [3.8, 4) is 11.6 Å². The minimum absolute atomic E-state index is 0.406. The number of benzene rings is 1. The molecule has 0 atom stereocenters. The molecule has 3 heterocycles. The average molecular weight is 407 g/mol. The van der Waals surface area contributed by atoms with E-state index in [2.05, 4.69) is 30.5 Å². The molecule has 0 unspecified atom stereocenters. The number of aromatic nitrogens is 3. The Labute approximate surface area is 175 Å². The average Bonchev–Trinajstić information content (AvgIpc) is 3.29. The van der Waals surface area contributed by atoms with Crippen LogP contribution in [0.15, 0.2) is 60.9 Å². The number of anilines is 2. The van der Waals surface area contributed by atoms with Crippen LogP contribution in [0.2, 0.25) is 0 Å². The molecule has 2 aromatic heterocycles. The fourth-order valence-corrected chi connectivity index (χ4v) is 3.23. The molecule has 1 fully saturated rings. The van der Waals surface area contributed by atoms with Crippen LogP contribution in [0.5, 0.6) is 11.6 Å². The van der Waals surface area contributed by atoms with Crippen LogP contribution in [0.25, 0.3) is 0 Å². The first kappa shape index (κ1) is 19.1. The minimum atomic E-state index is 0.406. The van der Waals surface area contributed by atoms with Crippen LogP contribution in [0, 0.1) is 0 Å². The van der Waals surface area contributed by atoms with E-state index in [4.69, 9.17) is 17.0 Å². The molecule has 1 saturated heterocycles. The molecule has 0 spiro atoms. The smallest absolute Gasteiger partial charge is 0.234 e. The molecule has 29 heavy (non-hydrogen) atoms. The first-order chi connectivity index (χ1) is 14.3. The number of thiocarbonyl (C=S) groups is 1. The Morgan fingerprint density at radius 3 is 2.66 bits per heavy atom. The van der Waals surface area contributed by atoms with Crippen molar-refractivity contribution >= 4 is 29.1 Å². The summed E-state index contributed by atoms with van der Waals surface area (Å²) in [5.74, 6) is 2.44. The monoisotopic (exact) mass is 406 g/mol. The van der Waals surface area contributed by atoms with Crippen LogP contribution in [-0.2, 0) is 6.54 Å². The van der Waals surface area contributed by atoms with Gasteiger partial charge in [-0.2, -0.15) is 9.97 Å². The predicted molar refractivity (Wildman–Crippen MR) is 117 cm³/mol. The number of hydrogen-bond acceptors (Lipinski definition) is 6. The quantitative estimate of drug-likeness (QED) is 0.600. The number of para-hydroxylation sites is 1. The Hall–Kier alpha value is -3.26. The fraction of sp³-hybridized carbons (Fsp3) is 0.238. The van der Waals surface area contributed by atoms with Gasteiger partial charge in [-0.3, -0.25) is 4.98 Å². The maximum atomic E-state index is 5.94. The van der Waals surface area contributed by atoms with Gasteiger partial charge in [0.2, 0.25) is 11.8 Å². The number of pyridine rings is 1. The number of rotatable bonds is 6. The number of ether oxygens (including phenoxy) is 1. The Balaban J connectivity index is 1.49. The van der Waals surface area contributed by atoms with Crippen LogP contribution in [0.4, 0.5) is 11.8 Å². The summed E-state index contributed by atoms with van der Waals surface area (Å²) in [6.45, 7) is 2.52. The zero-order valence-electron chi connectivity index (χ0n) is 15.9. The first-order valence-corrected chi connectivity index (χ1v) is 9.98. The highest BCUT2D eigenvalue weighted by Crippen LogP contribution is 2.26. The van der Waals surface area contributed by atoms with Crippen molar-refractivity contribution in [3.63, 3.8) is 0 Å². The van der Waals surface area contributed by atoms with Crippen molar-refractivity contribution in [1.82, 2.24) is 20.3 Å². The second kappa shape index (κ2) is 9.29. The van der Waals surface area contributed by atoms with Crippen LogP contribution in [0.3, 0.4) is 0 Å². The van der Waals surface area contributed by atoms with Crippen molar-refractivity contribution in [2.45, 2.75) is 19.4 Å². The molecular formula is C21H22N6OS. The summed E-state index contributed by atoms with van der Waals surface area (Å²) in [6, 6.07) is 15.3. The number of nitrogens with one attached hydrogen (secondary N) is 2. The van der Waals surface area contributed by atoms with E-state index < -0.39 is 0 Å². The van der Waals surface area contributed by atoms with Gasteiger partial charge in [-0.15, -0.1) is 0 Å². The molecule has 0 amide bonds. The van der Waals surface area contributed by atoms with E-state index in [9.17, 15) is 0 Å². The third-order valence-corrected chi connectivity index (χ3v) is 4.73. The Kier molecular flexibility index (Phi) is 6.11. The summed E-state index contributed by atoms with van der Waals surface area (Å²) < 4.78 is 5.94. The van der Waals surface area contributed by atoms with E-state index in [0.29, 0.717) is 23.5 Å². The van der Waals surface area contributed by atoms with E-state index >= 15 is 0 Å². The van der Waals surface area contributed by atoms with Gasteiger partial charge in [0.15, 0.2) is 5.11 Å². The van der Waals surface area contributed by atoms with Crippen LogP contribution in [-0.4, -0.2) is 33.2 Å². The van der Waals surface area contributed by atoms with Crippen molar-refractivity contribution in [2.75, 3.05) is 23.3 Å². The summed E-state index contributed by atoms with van der Waals surface area (Å²) in [5, 5.41) is 6.67. The predicted octanol–water partition coefficient (Wildman–Crippen LogP) is 3.75. The van der Waals surface area contributed by atoms with E-state index in [-0.39, 0.29) is 0 Å². The molecule has 3 aromatic rings. The molecular weight excluding hydrogens is 384 g/mol. The third kappa shape index (κ3) is 5.39. The Morgan fingerprint density at radius 2 is 1.90 bits per heavy atom.